The normalized spacial score (nSPS) is 15.7. The molecule has 0 spiro atoms. The van der Waals surface area contributed by atoms with E-state index in [0.29, 0.717) is 17.7 Å². The van der Waals surface area contributed by atoms with E-state index < -0.39 is 0 Å². The maximum absolute atomic E-state index is 11.8. The summed E-state index contributed by atoms with van der Waals surface area (Å²) in [6, 6.07) is 7.57. The third kappa shape index (κ3) is 4.69. The Bertz CT molecular complexity index is 992. The molecule has 0 saturated heterocycles. The van der Waals surface area contributed by atoms with Crippen molar-refractivity contribution < 1.29 is 28.5 Å². The van der Waals surface area contributed by atoms with Crippen LogP contribution in [-0.2, 0) is 17.6 Å². The van der Waals surface area contributed by atoms with Gasteiger partial charge in [-0.2, -0.15) is 0 Å². The predicted molar refractivity (Wildman–Crippen MR) is 124 cm³/mol. The van der Waals surface area contributed by atoms with Crippen LogP contribution in [0, 0.1) is 0 Å². The van der Waals surface area contributed by atoms with Crippen LogP contribution in [0.15, 0.2) is 30.5 Å². The SMILES string of the molecule is CO/C=C1\CCCc2c(OC)ccc(OC)c21.COc1ccc(OC)c2c1CCCC2=O. The zero-order valence-corrected chi connectivity index (χ0v) is 19.6. The van der Waals surface area contributed by atoms with Crippen molar-refractivity contribution in [1.29, 1.82) is 0 Å². The van der Waals surface area contributed by atoms with Crippen molar-refractivity contribution in [3.63, 3.8) is 0 Å². The van der Waals surface area contributed by atoms with Crippen molar-refractivity contribution in [3.8, 4) is 23.0 Å². The molecule has 0 heterocycles. The van der Waals surface area contributed by atoms with Gasteiger partial charge in [0.15, 0.2) is 5.78 Å². The van der Waals surface area contributed by atoms with Crippen LogP contribution >= 0.6 is 0 Å². The van der Waals surface area contributed by atoms with Gasteiger partial charge in [-0.05, 0) is 61.9 Å². The van der Waals surface area contributed by atoms with E-state index in [9.17, 15) is 4.79 Å². The van der Waals surface area contributed by atoms with Crippen LogP contribution in [-0.4, -0.2) is 41.3 Å². The second-order valence-electron chi connectivity index (χ2n) is 7.66. The van der Waals surface area contributed by atoms with E-state index in [0.717, 1.165) is 60.5 Å². The number of rotatable bonds is 5. The fraction of sp³-hybridized carbons (Fsp3) is 0.423. The van der Waals surface area contributed by atoms with Crippen LogP contribution in [0.3, 0.4) is 0 Å². The first kappa shape index (κ1) is 23.5. The Morgan fingerprint density at radius 2 is 1.09 bits per heavy atom. The summed E-state index contributed by atoms with van der Waals surface area (Å²) in [7, 11) is 8.29. The first-order valence-corrected chi connectivity index (χ1v) is 10.8. The molecule has 0 aromatic heterocycles. The summed E-state index contributed by atoms with van der Waals surface area (Å²) in [6.07, 6.45) is 7.36. The van der Waals surface area contributed by atoms with E-state index in [-0.39, 0.29) is 5.78 Å². The smallest absolute Gasteiger partial charge is 0.167 e. The highest BCUT2D eigenvalue weighted by Gasteiger charge is 2.24. The molecule has 0 atom stereocenters. The number of carbonyl (C=O) groups is 1. The van der Waals surface area contributed by atoms with Crippen molar-refractivity contribution >= 4 is 11.4 Å². The monoisotopic (exact) mass is 440 g/mol. The van der Waals surface area contributed by atoms with Crippen LogP contribution in [0.1, 0.15) is 52.7 Å². The summed E-state index contributed by atoms with van der Waals surface area (Å²) in [4.78, 5) is 11.8. The highest BCUT2D eigenvalue weighted by Crippen LogP contribution is 2.41. The highest BCUT2D eigenvalue weighted by molar-refractivity contribution is 6.01. The average molecular weight is 441 g/mol. The van der Waals surface area contributed by atoms with Gasteiger partial charge >= 0.3 is 0 Å². The molecule has 32 heavy (non-hydrogen) atoms. The molecule has 6 nitrogen and oxygen atoms in total. The van der Waals surface area contributed by atoms with Gasteiger partial charge in [-0.25, -0.2) is 0 Å². The molecule has 0 radical (unpaired) electrons. The van der Waals surface area contributed by atoms with Crippen LogP contribution in [0.25, 0.3) is 5.57 Å². The van der Waals surface area contributed by atoms with Crippen LogP contribution in [0.4, 0.5) is 0 Å². The van der Waals surface area contributed by atoms with E-state index in [4.69, 9.17) is 23.7 Å². The van der Waals surface area contributed by atoms with Crippen LogP contribution in [0.5, 0.6) is 23.0 Å². The summed E-state index contributed by atoms with van der Waals surface area (Å²) in [6.45, 7) is 0. The Morgan fingerprint density at radius 3 is 1.62 bits per heavy atom. The number of ketones is 1. The van der Waals surface area contributed by atoms with Crippen molar-refractivity contribution in [2.24, 2.45) is 0 Å². The number of benzene rings is 2. The lowest BCUT2D eigenvalue weighted by molar-refractivity contribution is 0.0968. The number of Topliss-reactive ketones (excluding diaryl/α,β-unsaturated/α-hetero) is 1. The third-order valence-corrected chi connectivity index (χ3v) is 5.91. The summed E-state index contributed by atoms with van der Waals surface area (Å²) in [5.41, 5.74) is 5.25. The van der Waals surface area contributed by atoms with Gasteiger partial charge in [0, 0.05) is 23.1 Å². The molecule has 0 amide bonds. The molecule has 172 valence electrons. The molecule has 0 N–H and O–H groups in total. The Kier molecular flexibility index (Phi) is 8.03. The summed E-state index contributed by atoms with van der Waals surface area (Å²) in [5.74, 6) is 3.44. The number of hydrogen-bond donors (Lipinski definition) is 0. The van der Waals surface area contributed by atoms with Crippen molar-refractivity contribution in [2.45, 2.75) is 38.5 Å². The molecule has 0 fully saturated rings. The number of hydrogen-bond acceptors (Lipinski definition) is 6. The van der Waals surface area contributed by atoms with E-state index in [1.165, 1.54) is 11.1 Å². The molecule has 2 aromatic carbocycles. The molecule has 6 heteroatoms. The van der Waals surface area contributed by atoms with E-state index >= 15 is 0 Å². The second-order valence-corrected chi connectivity index (χ2v) is 7.66. The maximum Gasteiger partial charge on any atom is 0.167 e. The van der Waals surface area contributed by atoms with Gasteiger partial charge in [-0.1, -0.05) is 0 Å². The van der Waals surface area contributed by atoms with Gasteiger partial charge in [0.25, 0.3) is 0 Å². The molecule has 2 aliphatic rings. The molecule has 4 rings (SSSR count). The van der Waals surface area contributed by atoms with Gasteiger partial charge in [-0.3, -0.25) is 4.79 Å². The lowest BCUT2D eigenvalue weighted by Gasteiger charge is -2.23. The number of fused-ring (bicyclic) bond motifs is 2. The molecule has 0 saturated carbocycles. The average Bonchev–Trinajstić information content (AvgIpc) is 2.83. The second kappa shape index (κ2) is 10.9. The largest absolute Gasteiger partial charge is 0.504 e. The van der Waals surface area contributed by atoms with E-state index in [1.807, 2.05) is 18.2 Å². The fourth-order valence-corrected chi connectivity index (χ4v) is 4.48. The zero-order chi connectivity index (χ0) is 23.1. The standard InChI is InChI=1S/C14H18O3.C12H14O3/c1-15-9-10-5-4-6-11-12(16-2)7-8-13(17-3)14(10)11;1-14-10-6-7-11(15-2)12-8(10)4-3-5-9(12)13/h7-9H,4-6H2,1-3H3;6-7H,3-5H2,1-2H3/b10-9+;. The Labute approximate surface area is 190 Å². The summed E-state index contributed by atoms with van der Waals surface area (Å²) < 4.78 is 26.5. The number of allylic oxidation sites excluding steroid dienone is 1. The molecule has 0 aliphatic heterocycles. The van der Waals surface area contributed by atoms with Crippen molar-refractivity contribution in [3.05, 3.63) is 52.8 Å². The lowest BCUT2D eigenvalue weighted by Crippen LogP contribution is -2.13. The van der Waals surface area contributed by atoms with Crippen molar-refractivity contribution in [1.82, 2.24) is 0 Å². The number of carbonyl (C=O) groups excluding carboxylic acids is 1. The van der Waals surface area contributed by atoms with Gasteiger partial charge < -0.3 is 23.7 Å². The van der Waals surface area contributed by atoms with E-state index in [1.54, 1.807) is 47.9 Å². The third-order valence-electron chi connectivity index (χ3n) is 5.91. The van der Waals surface area contributed by atoms with Gasteiger partial charge in [0.1, 0.15) is 23.0 Å². The predicted octanol–water partition coefficient (Wildman–Crippen LogP) is 5.25. The molecular weight excluding hydrogens is 408 g/mol. The minimum atomic E-state index is 0.159. The van der Waals surface area contributed by atoms with Crippen LogP contribution in [0.2, 0.25) is 0 Å². The van der Waals surface area contributed by atoms with Gasteiger partial charge in [-0.15, -0.1) is 0 Å². The topological polar surface area (TPSA) is 63.2 Å². The lowest BCUT2D eigenvalue weighted by atomic mass is 9.86. The minimum Gasteiger partial charge on any atom is -0.504 e. The fourth-order valence-electron chi connectivity index (χ4n) is 4.48. The van der Waals surface area contributed by atoms with Crippen molar-refractivity contribution in [2.75, 3.05) is 35.5 Å². The first-order chi connectivity index (χ1) is 15.6. The van der Waals surface area contributed by atoms with Gasteiger partial charge in [0.2, 0.25) is 0 Å². The molecule has 2 aromatic rings. The zero-order valence-electron chi connectivity index (χ0n) is 19.6. The highest BCUT2D eigenvalue weighted by atomic mass is 16.5. The molecular formula is C26H32O6. The number of methoxy groups -OCH3 is 5. The molecule has 0 bridgehead atoms. The Hall–Kier alpha value is -3.15. The Morgan fingerprint density at radius 1 is 0.625 bits per heavy atom. The minimum absolute atomic E-state index is 0.159. The van der Waals surface area contributed by atoms with Crippen LogP contribution < -0.4 is 18.9 Å². The number of ether oxygens (including phenoxy) is 5. The molecule has 0 unspecified atom stereocenters. The molecule has 2 aliphatic carbocycles. The summed E-state index contributed by atoms with van der Waals surface area (Å²) in [5, 5.41) is 0. The maximum atomic E-state index is 11.8. The first-order valence-electron chi connectivity index (χ1n) is 10.8. The quantitative estimate of drug-likeness (QED) is 0.592. The Balaban J connectivity index is 0.000000182. The van der Waals surface area contributed by atoms with Gasteiger partial charge in [0.05, 0.1) is 47.4 Å². The summed E-state index contributed by atoms with van der Waals surface area (Å²) >= 11 is 0. The van der Waals surface area contributed by atoms with E-state index in [2.05, 4.69) is 0 Å².